The quantitative estimate of drug-likeness (QED) is 0.611. The molecule has 0 unspecified atom stereocenters. The van der Waals surface area contributed by atoms with Crippen LogP contribution in [-0.4, -0.2) is 5.78 Å². The minimum absolute atomic E-state index is 0.169. The number of ketones is 1. The second-order valence-corrected chi connectivity index (χ2v) is 6.39. The Bertz CT molecular complexity index is 315. The van der Waals surface area contributed by atoms with Crippen molar-refractivity contribution in [2.45, 2.75) is 52.9 Å². The van der Waals surface area contributed by atoms with E-state index >= 15 is 0 Å². The summed E-state index contributed by atoms with van der Waals surface area (Å²) in [6.07, 6.45) is 5.82. The highest BCUT2D eigenvalue weighted by atomic mass is 16.1. The van der Waals surface area contributed by atoms with Gasteiger partial charge in [-0.3, -0.25) is 4.79 Å². The predicted octanol–water partition coefficient (Wildman–Crippen LogP) is 3.98. The average molecular weight is 220 g/mol. The van der Waals surface area contributed by atoms with E-state index in [4.69, 9.17) is 0 Å². The SMILES string of the molecule is C=C1CCC[C@@]2(C)CC[C@H](C(C)C)C(=O)[C@H]12. The second-order valence-electron chi connectivity index (χ2n) is 6.39. The summed E-state index contributed by atoms with van der Waals surface area (Å²) in [7, 11) is 0. The number of Topliss-reactive ketones (excluding diaryl/α,β-unsaturated/α-hetero) is 1. The molecule has 0 spiro atoms. The van der Waals surface area contributed by atoms with Gasteiger partial charge in [-0.1, -0.05) is 32.9 Å². The van der Waals surface area contributed by atoms with E-state index in [1.54, 1.807) is 0 Å². The monoisotopic (exact) mass is 220 g/mol. The lowest BCUT2D eigenvalue weighted by Crippen LogP contribution is -2.46. The molecule has 1 heteroatoms. The van der Waals surface area contributed by atoms with Gasteiger partial charge in [0.05, 0.1) is 0 Å². The van der Waals surface area contributed by atoms with E-state index in [1.165, 1.54) is 24.8 Å². The maximum atomic E-state index is 12.6. The molecule has 0 amide bonds. The number of rotatable bonds is 1. The minimum atomic E-state index is 0.169. The van der Waals surface area contributed by atoms with E-state index in [-0.39, 0.29) is 17.3 Å². The van der Waals surface area contributed by atoms with Crippen LogP contribution < -0.4 is 0 Å². The first-order valence-electron chi connectivity index (χ1n) is 6.67. The molecule has 0 aliphatic heterocycles. The van der Waals surface area contributed by atoms with Crippen LogP contribution in [0, 0.1) is 23.2 Å². The number of allylic oxidation sites excluding steroid dienone is 1. The zero-order valence-corrected chi connectivity index (χ0v) is 10.9. The first-order valence-corrected chi connectivity index (χ1v) is 6.67. The molecule has 0 N–H and O–H groups in total. The molecule has 0 bridgehead atoms. The summed E-state index contributed by atoms with van der Waals surface area (Å²) >= 11 is 0. The summed E-state index contributed by atoms with van der Waals surface area (Å²) in [5.41, 5.74) is 1.45. The smallest absolute Gasteiger partial charge is 0.143 e. The van der Waals surface area contributed by atoms with Gasteiger partial charge in [0, 0.05) is 11.8 Å². The molecule has 0 saturated heterocycles. The van der Waals surface area contributed by atoms with E-state index < -0.39 is 0 Å². The molecule has 16 heavy (non-hydrogen) atoms. The number of hydrogen-bond donors (Lipinski definition) is 0. The van der Waals surface area contributed by atoms with Gasteiger partial charge in [-0.2, -0.15) is 0 Å². The third kappa shape index (κ3) is 1.74. The number of fused-ring (bicyclic) bond motifs is 1. The predicted molar refractivity (Wildman–Crippen MR) is 67.2 cm³/mol. The molecule has 2 fully saturated rings. The fourth-order valence-corrected chi connectivity index (χ4v) is 3.82. The molecule has 0 aromatic carbocycles. The van der Waals surface area contributed by atoms with Crippen molar-refractivity contribution in [3.8, 4) is 0 Å². The highest BCUT2D eigenvalue weighted by Gasteiger charge is 2.48. The molecule has 2 aliphatic rings. The Morgan fingerprint density at radius 3 is 2.69 bits per heavy atom. The van der Waals surface area contributed by atoms with Gasteiger partial charge in [0.1, 0.15) is 5.78 Å². The highest BCUT2D eigenvalue weighted by molar-refractivity contribution is 5.87. The molecular weight excluding hydrogens is 196 g/mol. The largest absolute Gasteiger partial charge is 0.299 e. The van der Waals surface area contributed by atoms with Crippen LogP contribution >= 0.6 is 0 Å². The Balaban J connectivity index is 2.27. The average Bonchev–Trinajstić information content (AvgIpc) is 2.16. The van der Waals surface area contributed by atoms with Crippen molar-refractivity contribution in [3.05, 3.63) is 12.2 Å². The van der Waals surface area contributed by atoms with Gasteiger partial charge >= 0.3 is 0 Å². The standard InChI is InChI=1S/C15H24O/c1-10(2)12-7-9-15(4)8-5-6-11(3)13(15)14(12)16/h10,12-13H,3,5-9H2,1-2,4H3/t12-,13+,15+/m1/s1. The van der Waals surface area contributed by atoms with E-state index in [0.29, 0.717) is 11.7 Å². The first-order chi connectivity index (χ1) is 7.46. The van der Waals surface area contributed by atoms with Crippen molar-refractivity contribution in [3.63, 3.8) is 0 Å². The summed E-state index contributed by atoms with van der Waals surface area (Å²) in [6.45, 7) is 10.8. The van der Waals surface area contributed by atoms with E-state index in [2.05, 4.69) is 27.4 Å². The molecule has 2 rings (SSSR count). The molecule has 0 aromatic rings. The Labute approximate surface area is 99.3 Å². The summed E-state index contributed by atoms with van der Waals surface area (Å²) in [5, 5.41) is 0. The van der Waals surface area contributed by atoms with Crippen molar-refractivity contribution >= 4 is 5.78 Å². The van der Waals surface area contributed by atoms with Crippen molar-refractivity contribution < 1.29 is 4.79 Å². The lowest BCUT2D eigenvalue weighted by atomic mass is 9.55. The van der Waals surface area contributed by atoms with Crippen LogP contribution in [0.2, 0.25) is 0 Å². The highest BCUT2D eigenvalue weighted by Crippen LogP contribution is 2.52. The molecule has 0 radical (unpaired) electrons. The summed E-state index contributed by atoms with van der Waals surface area (Å²) < 4.78 is 0. The Morgan fingerprint density at radius 2 is 2.06 bits per heavy atom. The number of carbonyl (C=O) groups excluding carboxylic acids is 1. The normalized spacial score (nSPS) is 40.0. The van der Waals surface area contributed by atoms with Crippen molar-refractivity contribution in [2.24, 2.45) is 23.2 Å². The van der Waals surface area contributed by atoms with Gasteiger partial charge in [-0.25, -0.2) is 0 Å². The minimum Gasteiger partial charge on any atom is -0.299 e. The van der Waals surface area contributed by atoms with Crippen LogP contribution in [0.5, 0.6) is 0 Å². The van der Waals surface area contributed by atoms with Crippen LogP contribution in [-0.2, 0) is 4.79 Å². The van der Waals surface area contributed by atoms with Gasteiger partial charge in [0.2, 0.25) is 0 Å². The Morgan fingerprint density at radius 1 is 1.38 bits per heavy atom. The Hall–Kier alpha value is -0.590. The van der Waals surface area contributed by atoms with Crippen molar-refractivity contribution in [2.75, 3.05) is 0 Å². The topological polar surface area (TPSA) is 17.1 Å². The van der Waals surface area contributed by atoms with Gasteiger partial charge in [0.15, 0.2) is 0 Å². The lowest BCUT2D eigenvalue weighted by Gasteiger charge is -2.48. The Kier molecular flexibility index (Phi) is 2.98. The maximum absolute atomic E-state index is 12.6. The zero-order chi connectivity index (χ0) is 11.9. The van der Waals surface area contributed by atoms with E-state index in [1.807, 2.05) is 0 Å². The molecule has 90 valence electrons. The summed E-state index contributed by atoms with van der Waals surface area (Å²) in [5.74, 6) is 1.44. The van der Waals surface area contributed by atoms with Gasteiger partial charge in [0.25, 0.3) is 0 Å². The molecule has 2 aliphatic carbocycles. The van der Waals surface area contributed by atoms with Crippen LogP contribution in [0.3, 0.4) is 0 Å². The molecule has 0 aromatic heterocycles. The fourth-order valence-electron chi connectivity index (χ4n) is 3.82. The lowest BCUT2D eigenvalue weighted by molar-refractivity contribution is -0.136. The molecule has 0 heterocycles. The summed E-state index contributed by atoms with van der Waals surface area (Å²) in [6, 6.07) is 0. The molecular formula is C15H24O. The van der Waals surface area contributed by atoms with Crippen LogP contribution in [0.25, 0.3) is 0 Å². The second kappa shape index (κ2) is 4.01. The first kappa shape index (κ1) is 11.9. The molecule has 3 atom stereocenters. The van der Waals surface area contributed by atoms with Crippen LogP contribution in [0.1, 0.15) is 52.9 Å². The third-order valence-electron chi connectivity index (χ3n) is 4.83. The van der Waals surface area contributed by atoms with Crippen LogP contribution in [0.4, 0.5) is 0 Å². The summed E-state index contributed by atoms with van der Waals surface area (Å²) in [4.78, 5) is 12.6. The molecule has 2 saturated carbocycles. The third-order valence-corrected chi connectivity index (χ3v) is 4.83. The van der Waals surface area contributed by atoms with E-state index in [0.717, 1.165) is 12.8 Å². The van der Waals surface area contributed by atoms with Crippen molar-refractivity contribution in [1.29, 1.82) is 0 Å². The van der Waals surface area contributed by atoms with Crippen molar-refractivity contribution in [1.82, 2.24) is 0 Å². The number of hydrogen-bond acceptors (Lipinski definition) is 1. The zero-order valence-electron chi connectivity index (χ0n) is 10.9. The van der Waals surface area contributed by atoms with Crippen LogP contribution in [0.15, 0.2) is 12.2 Å². The van der Waals surface area contributed by atoms with Gasteiger partial charge in [-0.15, -0.1) is 0 Å². The van der Waals surface area contributed by atoms with Gasteiger partial charge in [-0.05, 0) is 43.4 Å². The molecule has 1 nitrogen and oxygen atoms in total. The fraction of sp³-hybridized carbons (Fsp3) is 0.800. The maximum Gasteiger partial charge on any atom is 0.143 e. The van der Waals surface area contributed by atoms with Gasteiger partial charge < -0.3 is 0 Å². The number of carbonyl (C=O) groups is 1. The van der Waals surface area contributed by atoms with E-state index in [9.17, 15) is 4.79 Å².